The molecule has 0 radical (unpaired) electrons. The Labute approximate surface area is 60.7 Å². The molecule has 1 rings (SSSR count). The summed E-state index contributed by atoms with van der Waals surface area (Å²) in [6.45, 7) is 3.82. The summed E-state index contributed by atoms with van der Waals surface area (Å²) in [5.74, 6) is 0.463. The van der Waals surface area contributed by atoms with Crippen LogP contribution in [-0.4, -0.2) is 26.2 Å². The topological polar surface area (TPSA) is 38.3 Å². The number of methoxy groups -OCH3 is 1. The van der Waals surface area contributed by atoms with Crippen LogP contribution in [0.2, 0.25) is 0 Å². The minimum atomic E-state index is -0.0912. The number of esters is 1. The lowest BCUT2D eigenvalue weighted by Gasteiger charge is -2.30. The van der Waals surface area contributed by atoms with E-state index >= 15 is 0 Å². The van der Waals surface area contributed by atoms with Gasteiger partial charge in [0.25, 0.3) is 0 Å². The second-order valence-corrected chi connectivity index (χ2v) is 2.73. The van der Waals surface area contributed by atoms with Crippen LogP contribution in [-0.2, 0) is 9.53 Å². The molecule has 1 aliphatic heterocycles. The molecule has 0 amide bonds. The predicted molar refractivity (Wildman–Crippen MR) is 37.5 cm³/mol. The number of carbonyl (C=O) groups excluding carboxylic acids is 1. The average Bonchev–Trinajstić information content (AvgIpc) is 1.82. The molecule has 1 unspecified atom stereocenters. The quantitative estimate of drug-likeness (QED) is 0.553. The molecule has 1 N–H and O–H groups in total. The molecule has 0 bridgehead atoms. The highest BCUT2D eigenvalue weighted by atomic mass is 16.5. The lowest BCUT2D eigenvalue weighted by atomic mass is 9.89. The van der Waals surface area contributed by atoms with E-state index in [1.165, 1.54) is 7.11 Å². The van der Waals surface area contributed by atoms with E-state index in [1.54, 1.807) is 0 Å². The minimum absolute atomic E-state index is 0.0613. The standard InChI is InChI=1S/C7H13NO2/c1-5(7(9)10-2)6-3-8-4-6/h5-6,8H,3-4H2,1-2H3. The molecule has 1 atom stereocenters. The van der Waals surface area contributed by atoms with Crippen molar-refractivity contribution in [3.05, 3.63) is 0 Å². The second-order valence-electron chi connectivity index (χ2n) is 2.73. The maximum atomic E-state index is 10.9. The van der Waals surface area contributed by atoms with Gasteiger partial charge >= 0.3 is 5.97 Å². The Morgan fingerprint density at radius 1 is 1.70 bits per heavy atom. The molecule has 0 aromatic heterocycles. The summed E-state index contributed by atoms with van der Waals surface area (Å²) < 4.78 is 4.60. The van der Waals surface area contributed by atoms with Gasteiger partial charge in [0.1, 0.15) is 0 Å². The van der Waals surface area contributed by atoms with Gasteiger partial charge in [0.15, 0.2) is 0 Å². The Balaban J connectivity index is 2.31. The predicted octanol–water partition coefficient (Wildman–Crippen LogP) is 0.0149. The van der Waals surface area contributed by atoms with Crippen molar-refractivity contribution in [3.8, 4) is 0 Å². The van der Waals surface area contributed by atoms with Gasteiger partial charge in [-0.3, -0.25) is 4.79 Å². The normalized spacial score (nSPS) is 21.4. The molecule has 58 valence electrons. The average molecular weight is 143 g/mol. The Morgan fingerprint density at radius 3 is 2.60 bits per heavy atom. The maximum absolute atomic E-state index is 10.9. The monoisotopic (exact) mass is 143 g/mol. The number of carbonyl (C=O) groups is 1. The molecule has 0 aromatic rings. The number of nitrogens with one attached hydrogen (secondary N) is 1. The molecule has 10 heavy (non-hydrogen) atoms. The Morgan fingerprint density at radius 2 is 2.30 bits per heavy atom. The van der Waals surface area contributed by atoms with Crippen LogP contribution in [0.1, 0.15) is 6.92 Å². The third-order valence-electron chi connectivity index (χ3n) is 2.09. The molecule has 0 aromatic carbocycles. The van der Waals surface area contributed by atoms with Crippen LogP contribution in [0.3, 0.4) is 0 Å². The first kappa shape index (κ1) is 7.54. The van der Waals surface area contributed by atoms with Crippen LogP contribution < -0.4 is 5.32 Å². The van der Waals surface area contributed by atoms with Crippen LogP contribution in [0.25, 0.3) is 0 Å². The number of hydrogen-bond donors (Lipinski definition) is 1. The summed E-state index contributed by atoms with van der Waals surface area (Å²) >= 11 is 0. The fourth-order valence-electron chi connectivity index (χ4n) is 1.04. The van der Waals surface area contributed by atoms with E-state index in [0.29, 0.717) is 5.92 Å². The zero-order valence-corrected chi connectivity index (χ0v) is 6.39. The van der Waals surface area contributed by atoms with Crippen LogP contribution >= 0.6 is 0 Å². The van der Waals surface area contributed by atoms with Gasteiger partial charge in [0, 0.05) is 0 Å². The van der Waals surface area contributed by atoms with Crippen LogP contribution in [0, 0.1) is 11.8 Å². The summed E-state index contributed by atoms with van der Waals surface area (Å²) in [6.07, 6.45) is 0. The summed E-state index contributed by atoms with van der Waals surface area (Å²) in [6, 6.07) is 0. The van der Waals surface area contributed by atoms with Crippen LogP contribution in [0.4, 0.5) is 0 Å². The zero-order chi connectivity index (χ0) is 7.56. The van der Waals surface area contributed by atoms with Gasteiger partial charge in [-0.1, -0.05) is 6.92 Å². The number of hydrogen-bond acceptors (Lipinski definition) is 3. The third-order valence-corrected chi connectivity index (χ3v) is 2.09. The molecule has 1 fully saturated rings. The first-order valence-electron chi connectivity index (χ1n) is 3.54. The van der Waals surface area contributed by atoms with Gasteiger partial charge < -0.3 is 10.1 Å². The van der Waals surface area contributed by atoms with Crippen molar-refractivity contribution in [1.29, 1.82) is 0 Å². The van der Waals surface area contributed by atoms with Gasteiger partial charge in [-0.25, -0.2) is 0 Å². The van der Waals surface area contributed by atoms with E-state index in [-0.39, 0.29) is 11.9 Å². The largest absolute Gasteiger partial charge is 0.469 e. The Kier molecular flexibility index (Phi) is 2.27. The van der Waals surface area contributed by atoms with E-state index < -0.39 is 0 Å². The second kappa shape index (κ2) is 3.01. The molecular weight excluding hydrogens is 130 g/mol. The molecular formula is C7H13NO2. The Hall–Kier alpha value is -0.570. The third kappa shape index (κ3) is 1.29. The van der Waals surface area contributed by atoms with E-state index in [9.17, 15) is 4.79 Å². The van der Waals surface area contributed by atoms with Gasteiger partial charge in [-0.05, 0) is 19.0 Å². The summed E-state index contributed by atoms with van der Waals surface area (Å²) in [5.41, 5.74) is 0. The lowest BCUT2D eigenvalue weighted by Crippen LogP contribution is -2.47. The number of rotatable bonds is 2. The van der Waals surface area contributed by atoms with Crippen molar-refractivity contribution in [3.63, 3.8) is 0 Å². The van der Waals surface area contributed by atoms with Crippen molar-refractivity contribution < 1.29 is 9.53 Å². The number of ether oxygens (including phenoxy) is 1. The van der Waals surface area contributed by atoms with Gasteiger partial charge in [-0.2, -0.15) is 0 Å². The molecule has 0 spiro atoms. The van der Waals surface area contributed by atoms with Gasteiger partial charge in [0.05, 0.1) is 13.0 Å². The highest BCUT2D eigenvalue weighted by Crippen LogP contribution is 2.16. The fraction of sp³-hybridized carbons (Fsp3) is 0.857. The van der Waals surface area contributed by atoms with Crippen LogP contribution in [0.5, 0.6) is 0 Å². The fourth-order valence-corrected chi connectivity index (χ4v) is 1.04. The van der Waals surface area contributed by atoms with E-state index in [0.717, 1.165) is 13.1 Å². The SMILES string of the molecule is COC(=O)C(C)C1CNC1. The molecule has 1 saturated heterocycles. The van der Waals surface area contributed by atoms with Crippen molar-refractivity contribution in [2.24, 2.45) is 11.8 Å². The van der Waals surface area contributed by atoms with E-state index in [2.05, 4.69) is 10.1 Å². The van der Waals surface area contributed by atoms with Crippen molar-refractivity contribution in [2.75, 3.05) is 20.2 Å². The summed E-state index contributed by atoms with van der Waals surface area (Å²) in [4.78, 5) is 10.9. The maximum Gasteiger partial charge on any atom is 0.308 e. The van der Waals surface area contributed by atoms with Crippen molar-refractivity contribution in [1.82, 2.24) is 5.32 Å². The lowest BCUT2D eigenvalue weighted by molar-refractivity contribution is -0.147. The highest BCUT2D eigenvalue weighted by Gasteiger charge is 2.28. The van der Waals surface area contributed by atoms with Gasteiger partial charge in [0.2, 0.25) is 0 Å². The molecule has 0 aliphatic carbocycles. The molecule has 0 saturated carbocycles. The van der Waals surface area contributed by atoms with Gasteiger partial charge in [-0.15, -0.1) is 0 Å². The molecule has 1 aliphatic rings. The van der Waals surface area contributed by atoms with E-state index in [1.807, 2.05) is 6.92 Å². The Bertz CT molecular complexity index is 132. The summed E-state index contributed by atoms with van der Waals surface area (Å²) in [7, 11) is 1.44. The van der Waals surface area contributed by atoms with Crippen LogP contribution in [0.15, 0.2) is 0 Å². The first-order chi connectivity index (χ1) is 4.75. The van der Waals surface area contributed by atoms with Crippen molar-refractivity contribution >= 4 is 5.97 Å². The van der Waals surface area contributed by atoms with E-state index in [4.69, 9.17) is 0 Å². The molecule has 1 heterocycles. The summed E-state index contributed by atoms with van der Waals surface area (Å²) in [5, 5.41) is 3.11. The minimum Gasteiger partial charge on any atom is -0.469 e. The first-order valence-corrected chi connectivity index (χ1v) is 3.54. The molecule has 3 nitrogen and oxygen atoms in total. The zero-order valence-electron chi connectivity index (χ0n) is 6.39. The smallest absolute Gasteiger partial charge is 0.308 e. The van der Waals surface area contributed by atoms with Crippen molar-refractivity contribution in [2.45, 2.75) is 6.92 Å². The molecule has 3 heteroatoms. The highest BCUT2D eigenvalue weighted by molar-refractivity contribution is 5.72.